The summed E-state index contributed by atoms with van der Waals surface area (Å²) in [7, 11) is 1.64. The lowest BCUT2D eigenvalue weighted by Gasteiger charge is -2.37. The molecule has 1 amide bonds. The molecular formula is C16H22N2O2. The van der Waals surface area contributed by atoms with Gasteiger partial charge in [0, 0.05) is 12.2 Å². The maximum atomic E-state index is 12.7. The van der Waals surface area contributed by atoms with E-state index in [4.69, 9.17) is 4.74 Å². The van der Waals surface area contributed by atoms with Crippen LogP contribution in [0, 0.1) is 11.3 Å². The van der Waals surface area contributed by atoms with Crippen molar-refractivity contribution in [2.45, 2.75) is 25.7 Å². The molecule has 1 aromatic carbocycles. The Balaban J connectivity index is 1.74. The van der Waals surface area contributed by atoms with Crippen molar-refractivity contribution in [2.75, 3.05) is 25.5 Å². The molecule has 2 N–H and O–H groups in total. The van der Waals surface area contributed by atoms with Crippen molar-refractivity contribution in [3.05, 3.63) is 24.3 Å². The average Bonchev–Trinajstić information content (AvgIpc) is 2.93. The number of methoxy groups -OCH3 is 1. The first-order chi connectivity index (χ1) is 9.74. The monoisotopic (exact) mass is 274 g/mol. The Hall–Kier alpha value is -1.55. The highest BCUT2D eigenvalue weighted by atomic mass is 16.5. The number of hydrogen-bond acceptors (Lipinski definition) is 3. The topological polar surface area (TPSA) is 50.4 Å². The van der Waals surface area contributed by atoms with Crippen LogP contribution in [0.3, 0.4) is 0 Å². The zero-order chi connectivity index (χ0) is 14.0. The largest absolute Gasteiger partial charge is 0.497 e. The summed E-state index contributed by atoms with van der Waals surface area (Å²) >= 11 is 0. The fraction of sp³-hybridized carbons (Fsp3) is 0.562. The molecule has 1 heterocycles. The molecule has 3 rings (SSSR count). The van der Waals surface area contributed by atoms with Crippen molar-refractivity contribution in [2.24, 2.45) is 11.3 Å². The summed E-state index contributed by atoms with van der Waals surface area (Å²) in [6.07, 6.45) is 4.59. The Morgan fingerprint density at radius 2 is 2.15 bits per heavy atom. The Morgan fingerprint density at radius 3 is 2.90 bits per heavy atom. The van der Waals surface area contributed by atoms with Crippen molar-refractivity contribution in [1.82, 2.24) is 5.32 Å². The number of nitrogens with one attached hydrogen (secondary N) is 2. The molecule has 0 unspecified atom stereocenters. The summed E-state index contributed by atoms with van der Waals surface area (Å²) in [5, 5.41) is 6.50. The molecule has 0 radical (unpaired) electrons. The van der Waals surface area contributed by atoms with Crippen molar-refractivity contribution in [3.8, 4) is 5.75 Å². The summed E-state index contributed by atoms with van der Waals surface area (Å²) in [6, 6.07) is 7.54. The summed E-state index contributed by atoms with van der Waals surface area (Å²) in [6.45, 7) is 1.80. The van der Waals surface area contributed by atoms with E-state index in [0.717, 1.165) is 37.4 Å². The van der Waals surface area contributed by atoms with Gasteiger partial charge >= 0.3 is 0 Å². The van der Waals surface area contributed by atoms with Crippen LogP contribution in [0.15, 0.2) is 24.3 Å². The SMILES string of the molecule is COc1ccc(NC(=O)[C@@]23CCCC[C@H]2CNC3)cc1. The number of benzene rings is 1. The molecular weight excluding hydrogens is 252 g/mol. The Bertz CT molecular complexity index is 486. The molecule has 2 fully saturated rings. The standard InChI is InChI=1S/C16H22N2O2/c1-20-14-7-5-13(6-8-14)18-15(19)16-9-3-2-4-12(16)10-17-11-16/h5-8,12,17H,2-4,9-11H2,1H3,(H,18,19)/t12-,16+/m0/s1. The van der Waals surface area contributed by atoms with Gasteiger partial charge in [-0.3, -0.25) is 4.79 Å². The third-order valence-electron chi connectivity index (χ3n) is 4.84. The van der Waals surface area contributed by atoms with E-state index in [1.807, 2.05) is 24.3 Å². The van der Waals surface area contributed by atoms with Gasteiger partial charge in [-0.25, -0.2) is 0 Å². The highest BCUT2D eigenvalue weighted by Crippen LogP contribution is 2.44. The lowest BCUT2D eigenvalue weighted by atomic mass is 9.67. The minimum Gasteiger partial charge on any atom is -0.497 e. The molecule has 1 saturated carbocycles. The molecule has 4 heteroatoms. The lowest BCUT2D eigenvalue weighted by molar-refractivity contribution is -0.128. The highest BCUT2D eigenvalue weighted by molar-refractivity contribution is 5.96. The van der Waals surface area contributed by atoms with Gasteiger partial charge in [0.2, 0.25) is 5.91 Å². The van der Waals surface area contributed by atoms with Gasteiger partial charge in [0.1, 0.15) is 5.75 Å². The molecule has 1 aliphatic heterocycles. The van der Waals surface area contributed by atoms with E-state index in [9.17, 15) is 4.79 Å². The Labute approximate surface area is 119 Å². The zero-order valence-corrected chi connectivity index (χ0v) is 11.9. The summed E-state index contributed by atoms with van der Waals surface area (Å²) in [4.78, 5) is 12.7. The van der Waals surface area contributed by atoms with E-state index >= 15 is 0 Å². The predicted octanol–water partition coefficient (Wildman–Crippen LogP) is 2.41. The molecule has 2 atom stereocenters. The number of rotatable bonds is 3. The second-order valence-electron chi connectivity index (χ2n) is 5.91. The first-order valence-corrected chi connectivity index (χ1v) is 7.41. The van der Waals surface area contributed by atoms with Crippen LogP contribution in [0.2, 0.25) is 0 Å². The Morgan fingerprint density at radius 1 is 1.35 bits per heavy atom. The maximum absolute atomic E-state index is 12.7. The van der Waals surface area contributed by atoms with Crippen molar-refractivity contribution >= 4 is 11.6 Å². The normalized spacial score (nSPS) is 28.8. The number of hydrogen-bond donors (Lipinski definition) is 2. The van der Waals surface area contributed by atoms with Crippen molar-refractivity contribution < 1.29 is 9.53 Å². The van der Waals surface area contributed by atoms with E-state index in [1.165, 1.54) is 12.8 Å². The van der Waals surface area contributed by atoms with Gasteiger partial charge in [-0.05, 0) is 49.6 Å². The molecule has 0 bridgehead atoms. The zero-order valence-electron chi connectivity index (χ0n) is 11.9. The molecule has 1 saturated heterocycles. The number of fused-ring (bicyclic) bond motifs is 1. The number of ether oxygens (including phenoxy) is 1. The van der Waals surface area contributed by atoms with Crippen LogP contribution in [0.1, 0.15) is 25.7 Å². The quantitative estimate of drug-likeness (QED) is 0.890. The first-order valence-electron chi connectivity index (χ1n) is 7.41. The van der Waals surface area contributed by atoms with Crippen LogP contribution >= 0.6 is 0 Å². The van der Waals surface area contributed by atoms with Crippen LogP contribution < -0.4 is 15.4 Å². The van der Waals surface area contributed by atoms with Crippen molar-refractivity contribution in [3.63, 3.8) is 0 Å². The second kappa shape index (κ2) is 5.44. The molecule has 20 heavy (non-hydrogen) atoms. The first kappa shape index (κ1) is 13.4. The van der Waals surface area contributed by atoms with Crippen LogP contribution in [-0.4, -0.2) is 26.1 Å². The number of amides is 1. The number of carbonyl (C=O) groups excluding carboxylic acids is 1. The van der Waals surface area contributed by atoms with Gasteiger partial charge in [0.25, 0.3) is 0 Å². The van der Waals surface area contributed by atoms with E-state index in [2.05, 4.69) is 10.6 Å². The van der Waals surface area contributed by atoms with Gasteiger partial charge < -0.3 is 15.4 Å². The van der Waals surface area contributed by atoms with Gasteiger partial charge in [-0.2, -0.15) is 0 Å². The number of anilines is 1. The van der Waals surface area contributed by atoms with Crippen molar-refractivity contribution in [1.29, 1.82) is 0 Å². The predicted molar refractivity (Wildman–Crippen MR) is 78.9 cm³/mol. The van der Waals surface area contributed by atoms with E-state index in [0.29, 0.717) is 5.92 Å². The van der Waals surface area contributed by atoms with Gasteiger partial charge in [0.15, 0.2) is 0 Å². The number of carbonyl (C=O) groups is 1. The summed E-state index contributed by atoms with van der Waals surface area (Å²) < 4.78 is 5.14. The molecule has 0 spiro atoms. The minimum absolute atomic E-state index is 0.178. The third-order valence-corrected chi connectivity index (χ3v) is 4.84. The molecule has 0 aromatic heterocycles. The van der Waals surface area contributed by atoms with E-state index < -0.39 is 0 Å². The fourth-order valence-corrected chi connectivity index (χ4v) is 3.62. The molecule has 1 aromatic rings. The smallest absolute Gasteiger partial charge is 0.232 e. The van der Waals surface area contributed by atoms with Crippen LogP contribution in [0.25, 0.3) is 0 Å². The average molecular weight is 274 g/mol. The van der Waals surface area contributed by atoms with E-state index in [1.54, 1.807) is 7.11 Å². The maximum Gasteiger partial charge on any atom is 0.232 e. The third kappa shape index (κ3) is 2.29. The van der Waals surface area contributed by atoms with Gasteiger partial charge in [-0.15, -0.1) is 0 Å². The van der Waals surface area contributed by atoms with E-state index in [-0.39, 0.29) is 11.3 Å². The molecule has 108 valence electrons. The van der Waals surface area contributed by atoms with Crippen LogP contribution in [0.4, 0.5) is 5.69 Å². The van der Waals surface area contributed by atoms with Gasteiger partial charge in [0.05, 0.1) is 12.5 Å². The fourth-order valence-electron chi connectivity index (χ4n) is 3.62. The second-order valence-corrected chi connectivity index (χ2v) is 5.91. The summed E-state index contributed by atoms with van der Waals surface area (Å²) in [5.41, 5.74) is 0.652. The highest BCUT2D eigenvalue weighted by Gasteiger charge is 2.49. The van der Waals surface area contributed by atoms with Gasteiger partial charge in [-0.1, -0.05) is 12.8 Å². The van der Waals surface area contributed by atoms with Crippen LogP contribution in [0.5, 0.6) is 5.75 Å². The molecule has 1 aliphatic carbocycles. The molecule has 2 aliphatic rings. The summed E-state index contributed by atoms with van der Waals surface area (Å²) in [5.74, 6) is 1.48. The Kier molecular flexibility index (Phi) is 3.66. The minimum atomic E-state index is -0.196. The lowest BCUT2D eigenvalue weighted by Crippen LogP contribution is -2.44. The van der Waals surface area contributed by atoms with Crippen LogP contribution in [-0.2, 0) is 4.79 Å². The molecule has 4 nitrogen and oxygen atoms in total.